The molecule has 0 aromatic carbocycles. The van der Waals surface area contributed by atoms with E-state index in [1.54, 1.807) is 4.90 Å². The van der Waals surface area contributed by atoms with Gasteiger partial charge in [0.15, 0.2) is 0 Å². The number of carbonyl (C=O) groups is 2. The molecule has 0 aromatic heterocycles. The number of nitrogens with one attached hydrogen (secondary N) is 1. The second-order valence-corrected chi connectivity index (χ2v) is 5.43. The first kappa shape index (κ1) is 12.4. The van der Waals surface area contributed by atoms with E-state index in [-0.39, 0.29) is 18.4 Å². The van der Waals surface area contributed by atoms with Gasteiger partial charge < -0.3 is 16.0 Å². The van der Waals surface area contributed by atoms with Crippen LogP contribution in [-0.2, 0) is 9.59 Å². The quantitative estimate of drug-likeness (QED) is 0.668. The molecule has 2 amide bonds. The van der Waals surface area contributed by atoms with Crippen molar-refractivity contribution in [3.05, 3.63) is 0 Å². The highest BCUT2D eigenvalue weighted by molar-refractivity contribution is 5.91. The molecule has 0 spiro atoms. The fourth-order valence-electron chi connectivity index (χ4n) is 2.91. The van der Waals surface area contributed by atoms with E-state index in [4.69, 9.17) is 5.73 Å². The number of nitrogens with two attached hydrogens (primary N) is 1. The molecule has 1 aliphatic heterocycles. The average Bonchev–Trinajstić information content (AvgIpc) is 2.27. The van der Waals surface area contributed by atoms with E-state index >= 15 is 0 Å². The number of nitrogens with zero attached hydrogens (tertiary/aromatic N) is 1. The molecule has 2 unspecified atom stereocenters. The first-order valence-electron chi connectivity index (χ1n) is 6.36. The molecule has 0 aromatic rings. The zero-order valence-electron chi connectivity index (χ0n) is 10.4. The minimum Gasteiger partial charge on any atom is -0.353 e. The molecule has 2 rings (SSSR count). The van der Waals surface area contributed by atoms with Crippen LogP contribution >= 0.6 is 0 Å². The van der Waals surface area contributed by atoms with Crippen LogP contribution in [0.5, 0.6) is 0 Å². The molecule has 5 nitrogen and oxygen atoms in total. The van der Waals surface area contributed by atoms with Crippen molar-refractivity contribution in [1.29, 1.82) is 0 Å². The molecule has 17 heavy (non-hydrogen) atoms. The first-order chi connectivity index (χ1) is 8.01. The summed E-state index contributed by atoms with van der Waals surface area (Å²) in [5, 5.41) is 2.72. The van der Waals surface area contributed by atoms with Gasteiger partial charge >= 0.3 is 0 Å². The Kier molecular flexibility index (Phi) is 3.38. The van der Waals surface area contributed by atoms with Crippen molar-refractivity contribution in [3.63, 3.8) is 0 Å². The van der Waals surface area contributed by atoms with Gasteiger partial charge in [0, 0.05) is 13.1 Å². The molecule has 1 heterocycles. The topological polar surface area (TPSA) is 75.4 Å². The number of piperazine rings is 1. The number of amides is 2. The van der Waals surface area contributed by atoms with Gasteiger partial charge in [-0.3, -0.25) is 9.59 Å². The summed E-state index contributed by atoms with van der Waals surface area (Å²) in [6.45, 7) is 3.41. The maximum Gasteiger partial charge on any atom is 0.243 e. The fraction of sp³-hybridized carbons (Fsp3) is 0.833. The molecule has 0 radical (unpaired) electrons. The van der Waals surface area contributed by atoms with Crippen molar-refractivity contribution in [2.75, 3.05) is 19.6 Å². The third-order valence-electron chi connectivity index (χ3n) is 3.78. The largest absolute Gasteiger partial charge is 0.353 e. The van der Waals surface area contributed by atoms with Crippen LogP contribution in [-0.4, -0.2) is 41.9 Å². The van der Waals surface area contributed by atoms with Crippen LogP contribution < -0.4 is 11.1 Å². The smallest absolute Gasteiger partial charge is 0.243 e. The summed E-state index contributed by atoms with van der Waals surface area (Å²) in [6.07, 6.45) is 3.63. The summed E-state index contributed by atoms with van der Waals surface area (Å²) in [7, 11) is 0. The molecule has 0 bridgehead atoms. The van der Waals surface area contributed by atoms with E-state index in [9.17, 15) is 9.59 Å². The summed E-state index contributed by atoms with van der Waals surface area (Å²) < 4.78 is 0. The normalized spacial score (nSPS) is 34.4. The summed E-state index contributed by atoms with van der Waals surface area (Å²) >= 11 is 0. The Morgan fingerprint density at radius 3 is 3.00 bits per heavy atom. The summed E-state index contributed by atoms with van der Waals surface area (Å²) in [6, 6.07) is 0. The van der Waals surface area contributed by atoms with E-state index in [2.05, 4.69) is 12.2 Å². The van der Waals surface area contributed by atoms with Crippen molar-refractivity contribution in [2.45, 2.75) is 38.1 Å². The van der Waals surface area contributed by atoms with Gasteiger partial charge in [0.1, 0.15) is 0 Å². The van der Waals surface area contributed by atoms with Crippen LogP contribution in [0.15, 0.2) is 0 Å². The highest BCUT2D eigenvalue weighted by Crippen LogP contribution is 2.31. The summed E-state index contributed by atoms with van der Waals surface area (Å²) in [4.78, 5) is 25.3. The number of rotatable bonds is 1. The highest BCUT2D eigenvalue weighted by atomic mass is 16.2. The molecule has 2 atom stereocenters. The van der Waals surface area contributed by atoms with Gasteiger partial charge in [-0.15, -0.1) is 0 Å². The van der Waals surface area contributed by atoms with Crippen molar-refractivity contribution in [1.82, 2.24) is 10.2 Å². The lowest BCUT2D eigenvalue weighted by atomic mass is 9.76. The Morgan fingerprint density at radius 2 is 2.35 bits per heavy atom. The van der Waals surface area contributed by atoms with Crippen LogP contribution in [0.1, 0.15) is 32.6 Å². The van der Waals surface area contributed by atoms with Gasteiger partial charge in [-0.05, 0) is 18.8 Å². The van der Waals surface area contributed by atoms with E-state index in [1.165, 1.54) is 0 Å². The van der Waals surface area contributed by atoms with Crippen LogP contribution in [0.3, 0.4) is 0 Å². The van der Waals surface area contributed by atoms with Crippen molar-refractivity contribution in [3.8, 4) is 0 Å². The van der Waals surface area contributed by atoms with Crippen molar-refractivity contribution in [2.24, 2.45) is 11.7 Å². The van der Waals surface area contributed by atoms with Crippen LogP contribution in [0.4, 0.5) is 0 Å². The molecule has 1 aliphatic carbocycles. The van der Waals surface area contributed by atoms with Crippen molar-refractivity contribution < 1.29 is 9.59 Å². The van der Waals surface area contributed by atoms with E-state index < -0.39 is 5.54 Å². The first-order valence-corrected chi connectivity index (χ1v) is 6.36. The Hall–Kier alpha value is -1.10. The molecule has 1 saturated heterocycles. The van der Waals surface area contributed by atoms with E-state index in [0.717, 1.165) is 25.7 Å². The molecular weight excluding hydrogens is 218 g/mol. The highest BCUT2D eigenvalue weighted by Gasteiger charge is 2.41. The predicted octanol–water partition coefficient (Wildman–Crippen LogP) is -0.148. The second-order valence-electron chi connectivity index (χ2n) is 5.43. The van der Waals surface area contributed by atoms with Gasteiger partial charge in [-0.2, -0.15) is 0 Å². The van der Waals surface area contributed by atoms with Gasteiger partial charge in [0.05, 0.1) is 12.1 Å². The lowest BCUT2D eigenvalue weighted by Gasteiger charge is -2.40. The van der Waals surface area contributed by atoms with Gasteiger partial charge in [0.25, 0.3) is 0 Å². The number of hydrogen-bond acceptors (Lipinski definition) is 3. The molecule has 5 heteroatoms. The molecule has 2 aliphatic rings. The maximum atomic E-state index is 12.4. The Labute approximate surface area is 102 Å². The zero-order valence-corrected chi connectivity index (χ0v) is 10.4. The average molecular weight is 239 g/mol. The maximum absolute atomic E-state index is 12.4. The van der Waals surface area contributed by atoms with Crippen LogP contribution in [0.2, 0.25) is 0 Å². The minimum absolute atomic E-state index is 0.0427. The zero-order chi connectivity index (χ0) is 12.5. The fourth-order valence-corrected chi connectivity index (χ4v) is 2.91. The molecule has 2 fully saturated rings. The van der Waals surface area contributed by atoms with E-state index in [0.29, 0.717) is 19.0 Å². The minimum atomic E-state index is -0.741. The Morgan fingerprint density at radius 1 is 1.59 bits per heavy atom. The van der Waals surface area contributed by atoms with Crippen LogP contribution in [0.25, 0.3) is 0 Å². The summed E-state index contributed by atoms with van der Waals surface area (Å²) in [5.74, 6) is 0.368. The molecular formula is C12H21N3O2. The molecule has 1 saturated carbocycles. The molecule has 3 N–H and O–H groups in total. The lowest BCUT2D eigenvalue weighted by molar-refractivity contribution is -0.144. The third kappa shape index (κ3) is 2.60. The SMILES string of the molecule is CC1CCCC(N)(C(=O)N2CCNC(=O)C2)C1. The monoisotopic (exact) mass is 239 g/mol. The van der Waals surface area contributed by atoms with Gasteiger partial charge in [-0.1, -0.05) is 19.8 Å². The van der Waals surface area contributed by atoms with Crippen LogP contribution in [0, 0.1) is 5.92 Å². The Bertz CT molecular complexity index is 332. The number of hydrogen-bond donors (Lipinski definition) is 2. The van der Waals surface area contributed by atoms with E-state index in [1.807, 2.05) is 0 Å². The second kappa shape index (κ2) is 4.64. The standard InChI is InChI=1S/C12H21N3O2/c1-9-3-2-4-12(13,7-9)11(17)15-6-5-14-10(16)8-15/h9H,2-8,13H2,1H3,(H,14,16). The third-order valence-corrected chi connectivity index (χ3v) is 3.78. The molecule has 96 valence electrons. The lowest BCUT2D eigenvalue weighted by Crippen LogP contribution is -2.61. The number of carbonyl (C=O) groups excluding carboxylic acids is 2. The van der Waals surface area contributed by atoms with Gasteiger partial charge in [0.2, 0.25) is 11.8 Å². The Balaban J connectivity index is 2.04. The predicted molar refractivity (Wildman–Crippen MR) is 64.1 cm³/mol. The van der Waals surface area contributed by atoms with Gasteiger partial charge in [-0.25, -0.2) is 0 Å². The van der Waals surface area contributed by atoms with Crippen molar-refractivity contribution >= 4 is 11.8 Å². The summed E-state index contributed by atoms with van der Waals surface area (Å²) in [5.41, 5.74) is 5.51.